The predicted molar refractivity (Wildman–Crippen MR) is 133 cm³/mol. The number of pyridine rings is 1. The van der Waals surface area contributed by atoms with Gasteiger partial charge < -0.3 is 0 Å². The van der Waals surface area contributed by atoms with Crippen LogP contribution in [0.5, 0.6) is 0 Å². The standard InChI is InChI=1S/C26H17BrClN3O3/c27-16-10-12-17(13-11-16)30-25(32)21-22(19-14-15-6-4-5-9-20(15)29-24(19)28)31(34-23(21)26(30)33)18-7-2-1-3-8-18/h1-14,21-23H/t21-,22-,23+/m0/s1. The maximum Gasteiger partial charge on any atom is 0.266 e. The molecule has 0 aliphatic carbocycles. The van der Waals surface area contributed by atoms with E-state index >= 15 is 0 Å². The molecule has 0 bridgehead atoms. The van der Waals surface area contributed by atoms with Crippen molar-refractivity contribution < 1.29 is 14.4 Å². The largest absolute Gasteiger partial charge is 0.273 e. The summed E-state index contributed by atoms with van der Waals surface area (Å²) < 4.78 is 0.855. The van der Waals surface area contributed by atoms with Crippen LogP contribution < -0.4 is 9.96 Å². The summed E-state index contributed by atoms with van der Waals surface area (Å²) in [6.07, 6.45) is -0.969. The molecule has 0 N–H and O–H groups in total. The molecule has 1 aromatic heterocycles. The SMILES string of the molecule is O=C1[C@@H]2[C@@H](ON(c3ccccc3)[C@H]2c2cc3ccccc3nc2Cl)C(=O)N1c1ccc(Br)cc1. The second kappa shape index (κ2) is 8.20. The third kappa shape index (κ3) is 3.31. The molecule has 6 nitrogen and oxygen atoms in total. The van der Waals surface area contributed by atoms with Gasteiger partial charge in [0, 0.05) is 15.4 Å². The Hall–Kier alpha value is -3.26. The Bertz CT molecular complexity index is 1430. The molecule has 34 heavy (non-hydrogen) atoms. The zero-order valence-corrected chi connectivity index (χ0v) is 20.0. The molecule has 0 unspecified atom stereocenters. The van der Waals surface area contributed by atoms with Crippen LogP contribution >= 0.6 is 27.5 Å². The number of fused-ring (bicyclic) bond motifs is 2. The van der Waals surface area contributed by atoms with Gasteiger partial charge in [0.1, 0.15) is 11.1 Å². The average Bonchev–Trinajstić information content (AvgIpc) is 3.36. The molecule has 3 atom stereocenters. The summed E-state index contributed by atoms with van der Waals surface area (Å²) in [6.45, 7) is 0. The number of amides is 2. The molecule has 168 valence electrons. The second-order valence-electron chi connectivity index (χ2n) is 8.21. The highest BCUT2D eigenvalue weighted by Crippen LogP contribution is 2.49. The number of hydroxylamine groups is 1. The van der Waals surface area contributed by atoms with E-state index in [4.69, 9.17) is 16.4 Å². The van der Waals surface area contributed by atoms with Gasteiger partial charge >= 0.3 is 0 Å². The predicted octanol–water partition coefficient (Wildman–Crippen LogP) is 5.70. The van der Waals surface area contributed by atoms with E-state index in [0.717, 1.165) is 21.1 Å². The first-order valence-corrected chi connectivity index (χ1v) is 11.9. The highest BCUT2D eigenvalue weighted by atomic mass is 79.9. The molecule has 0 radical (unpaired) electrons. The number of hydrogen-bond acceptors (Lipinski definition) is 5. The number of carbonyl (C=O) groups excluding carboxylic acids is 2. The summed E-state index contributed by atoms with van der Waals surface area (Å²) in [5.74, 6) is -1.51. The van der Waals surface area contributed by atoms with Crippen molar-refractivity contribution in [2.45, 2.75) is 12.1 Å². The van der Waals surface area contributed by atoms with E-state index in [9.17, 15) is 9.59 Å². The van der Waals surface area contributed by atoms with Crippen molar-refractivity contribution in [2.24, 2.45) is 5.92 Å². The molecule has 8 heteroatoms. The zero-order valence-electron chi connectivity index (χ0n) is 17.6. The number of carbonyl (C=O) groups is 2. The lowest BCUT2D eigenvalue weighted by atomic mass is 9.90. The van der Waals surface area contributed by atoms with Crippen molar-refractivity contribution in [3.05, 3.63) is 100 Å². The van der Waals surface area contributed by atoms with E-state index in [0.29, 0.717) is 11.3 Å². The summed E-state index contributed by atoms with van der Waals surface area (Å²) in [5.41, 5.74) is 2.62. The van der Waals surface area contributed by atoms with E-state index in [1.54, 1.807) is 29.3 Å². The number of imide groups is 1. The van der Waals surface area contributed by atoms with Crippen LogP contribution in [0, 0.1) is 5.92 Å². The van der Waals surface area contributed by atoms with Crippen LogP contribution in [0.2, 0.25) is 5.15 Å². The van der Waals surface area contributed by atoms with Gasteiger partial charge in [0.05, 0.1) is 22.9 Å². The molecule has 2 amide bonds. The maximum atomic E-state index is 13.7. The highest BCUT2D eigenvalue weighted by molar-refractivity contribution is 9.10. The third-order valence-corrected chi connectivity index (χ3v) is 7.07. The van der Waals surface area contributed by atoms with Gasteiger partial charge in [0.15, 0.2) is 6.10 Å². The molecule has 3 heterocycles. The van der Waals surface area contributed by atoms with Crippen molar-refractivity contribution in [1.82, 2.24) is 4.98 Å². The molecule has 6 rings (SSSR count). The van der Waals surface area contributed by atoms with Crippen LogP contribution in [0.4, 0.5) is 11.4 Å². The molecule has 2 fully saturated rings. The Labute approximate surface area is 208 Å². The fourth-order valence-electron chi connectivity index (χ4n) is 4.69. The van der Waals surface area contributed by atoms with Gasteiger partial charge in [0.25, 0.3) is 5.91 Å². The number of rotatable bonds is 3. The van der Waals surface area contributed by atoms with E-state index in [2.05, 4.69) is 20.9 Å². The van der Waals surface area contributed by atoms with Crippen LogP contribution in [0.1, 0.15) is 11.6 Å². The number of halogens is 2. The van der Waals surface area contributed by atoms with E-state index < -0.39 is 24.0 Å². The number of aromatic nitrogens is 1. The van der Waals surface area contributed by atoms with Crippen molar-refractivity contribution in [1.29, 1.82) is 0 Å². The third-order valence-electron chi connectivity index (χ3n) is 6.23. The van der Waals surface area contributed by atoms with Crippen molar-refractivity contribution in [3.8, 4) is 0 Å². The molecule has 0 saturated carbocycles. The van der Waals surface area contributed by atoms with Crippen LogP contribution in [0.3, 0.4) is 0 Å². The van der Waals surface area contributed by atoms with Gasteiger partial charge in [-0.2, -0.15) is 0 Å². The minimum absolute atomic E-state index is 0.274. The minimum Gasteiger partial charge on any atom is -0.273 e. The molecule has 2 aliphatic rings. The molecule has 3 aromatic carbocycles. The Kier molecular flexibility index (Phi) is 5.13. The summed E-state index contributed by atoms with van der Waals surface area (Å²) >= 11 is 10.1. The van der Waals surface area contributed by atoms with Crippen molar-refractivity contribution in [3.63, 3.8) is 0 Å². The lowest BCUT2D eigenvalue weighted by molar-refractivity contribution is -0.126. The number of benzene rings is 3. The number of para-hydroxylation sites is 2. The molecule has 0 spiro atoms. The summed E-state index contributed by atoms with van der Waals surface area (Å²) in [4.78, 5) is 39.1. The highest BCUT2D eigenvalue weighted by Gasteiger charge is 2.60. The van der Waals surface area contributed by atoms with Crippen molar-refractivity contribution >= 4 is 61.6 Å². The first-order chi connectivity index (χ1) is 16.5. The summed E-state index contributed by atoms with van der Waals surface area (Å²) in [5, 5.41) is 2.79. The molecule has 2 aliphatic heterocycles. The van der Waals surface area contributed by atoms with Crippen LogP contribution in [-0.2, 0) is 14.4 Å². The van der Waals surface area contributed by atoms with Gasteiger partial charge in [-0.25, -0.2) is 14.9 Å². The van der Waals surface area contributed by atoms with Gasteiger partial charge in [-0.3, -0.25) is 14.4 Å². The average molecular weight is 535 g/mol. The lowest BCUT2D eigenvalue weighted by Crippen LogP contribution is -2.37. The Balaban J connectivity index is 1.49. The second-order valence-corrected chi connectivity index (χ2v) is 9.48. The zero-order chi connectivity index (χ0) is 23.4. The lowest BCUT2D eigenvalue weighted by Gasteiger charge is -2.29. The number of hydrogen-bond donors (Lipinski definition) is 0. The monoisotopic (exact) mass is 533 g/mol. The normalized spacial score (nSPS) is 22.0. The van der Waals surface area contributed by atoms with Gasteiger partial charge in [-0.05, 0) is 48.5 Å². The van der Waals surface area contributed by atoms with Crippen molar-refractivity contribution in [2.75, 3.05) is 9.96 Å². The summed E-state index contributed by atoms with van der Waals surface area (Å²) in [6, 6.07) is 25.4. The number of anilines is 2. The Morgan fingerprint density at radius 3 is 2.32 bits per heavy atom. The molecule has 4 aromatic rings. The Morgan fingerprint density at radius 2 is 1.56 bits per heavy atom. The fourth-order valence-corrected chi connectivity index (χ4v) is 5.21. The minimum atomic E-state index is -0.969. The molecule has 2 saturated heterocycles. The van der Waals surface area contributed by atoms with Gasteiger partial charge in [0.2, 0.25) is 5.91 Å². The number of nitrogens with zero attached hydrogens (tertiary/aromatic N) is 3. The van der Waals surface area contributed by atoms with E-state index in [1.165, 1.54) is 4.90 Å². The topological polar surface area (TPSA) is 62.7 Å². The van der Waals surface area contributed by atoms with Gasteiger partial charge in [-0.15, -0.1) is 0 Å². The van der Waals surface area contributed by atoms with Gasteiger partial charge in [-0.1, -0.05) is 63.9 Å². The van der Waals surface area contributed by atoms with E-state index in [1.807, 2.05) is 60.7 Å². The first kappa shape index (κ1) is 21.3. The van der Waals surface area contributed by atoms with E-state index in [-0.39, 0.29) is 11.1 Å². The van der Waals surface area contributed by atoms with Crippen LogP contribution in [0.25, 0.3) is 10.9 Å². The summed E-state index contributed by atoms with van der Waals surface area (Å²) in [7, 11) is 0. The quantitative estimate of drug-likeness (QED) is 0.249. The fraction of sp³-hybridized carbons (Fsp3) is 0.115. The van der Waals surface area contributed by atoms with Crippen LogP contribution in [-0.4, -0.2) is 22.9 Å². The van der Waals surface area contributed by atoms with Crippen LogP contribution in [0.15, 0.2) is 89.4 Å². The Morgan fingerprint density at radius 1 is 0.853 bits per heavy atom. The maximum absolute atomic E-state index is 13.7. The molecular weight excluding hydrogens is 518 g/mol. The first-order valence-electron chi connectivity index (χ1n) is 10.7. The molecular formula is C26H17BrClN3O3. The smallest absolute Gasteiger partial charge is 0.266 e.